The highest BCUT2D eigenvalue weighted by atomic mass is 32.2. The zero-order chi connectivity index (χ0) is 10.5. The number of hydrogen-bond acceptors (Lipinski definition) is 4. The maximum Gasteiger partial charge on any atom is 0.307 e. The zero-order valence-electron chi connectivity index (χ0n) is 7.26. The molecule has 13 heavy (non-hydrogen) atoms. The normalized spacial score (nSPS) is 13.4. The monoisotopic (exact) mass is 208 g/mol. The van der Waals surface area contributed by atoms with Crippen molar-refractivity contribution in [1.29, 1.82) is 0 Å². The van der Waals surface area contributed by atoms with Crippen LogP contribution < -0.4 is 0 Å². The van der Waals surface area contributed by atoms with Gasteiger partial charge >= 0.3 is 16.1 Å². The lowest BCUT2D eigenvalue weighted by atomic mass is 10.3. The molecular weight excluding hydrogens is 196 g/mol. The van der Waals surface area contributed by atoms with E-state index in [0.717, 1.165) is 6.92 Å². The summed E-state index contributed by atoms with van der Waals surface area (Å²) >= 11 is 0. The third-order valence-electron chi connectivity index (χ3n) is 1.27. The first-order valence-electron chi connectivity index (χ1n) is 3.64. The highest BCUT2D eigenvalue weighted by Crippen LogP contribution is 2.03. The van der Waals surface area contributed by atoms with E-state index in [1.165, 1.54) is 6.08 Å². The Balaban J connectivity index is 4.00. The van der Waals surface area contributed by atoms with Gasteiger partial charge in [-0.15, -0.1) is 6.58 Å². The number of allylic oxidation sites excluding steroid dienone is 1. The first-order valence-corrected chi connectivity index (χ1v) is 5.15. The summed E-state index contributed by atoms with van der Waals surface area (Å²) in [5.74, 6) is -0.676. The fourth-order valence-corrected chi connectivity index (χ4v) is 0.754. The highest BCUT2D eigenvalue weighted by Gasteiger charge is 2.20. The van der Waals surface area contributed by atoms with Gasteiger partial charge in [0.05, 0.1) is 0 Å². The van der Waals surface area contributed by atoms with Crippen LogP contribution >= 0.6 is 0 Å². The van der Waals surface area contributed by atoms with E-state index >= 15 is 0 Å². The molecule has 1 N–H and O–H groups in total. The number of carbonyl (C=O) groups excluding carboxylic acids is 1. The first-order chi connectivity index (χ1) is 5.88. The largest absolute Gasteiger partial charge is 0.444 e. The molecule has 0 heterocycles. The number of rotatable bonds is 5. The van der Waals surface area contributed by atoms with Gasteiger partial charge in [0.2, 0.25) is 5.44 Å². The number of hydrogen-bond donors (Lipinski definition) is 1. The van der Waals surface area contributed by atoms with Crippen LogP contribution in [0.15, 0.2) is 12.7 Å². The minimum Gasteiger partial charge on any atom is -0.444 e. The van der Waals surface area contributed by atoms with E-state index in [-0.39, 0.29) is 6.42 Å². The van der Waals surface area contributed by atoms with Gasteiger partial charge in [-0.3, -0.25) is 9.35 Å². The Morgan fingerprint density at radius 1 is 1.69 bits per heavy atom. The second-order valence-electron chi connectivity index (χ2n) is 2.40. The van der Waals surface area contributed by atoms with Crippen molar-refractivity contribution < 1.29 is 22.5 Å². The van der Waals surface area contributed by atoms with Crippen LogP contribution in [0, 0.1) is 0 Å². The molecule has 76 valence electrons. The molecule has 1 atom stereocenters. The maximum absolute atomic E-state index is 10.8. The molecular formula is C7H12O5S. The molecule has 0 aromatic heterocycles. The molecule has 0 amide bonds. The van der Waals surface area contributed by atoms with Gasteiger partial charge in [-0.2, -0.15) is 8.42 Å². The van der Waals surface area contributed by atoms with Gasteiger partial charge < -0.3 is 4.74 Å². The lowest BCUT2D eigenvalue weighted by Crippen LogP contribution is -2.23. The first kappa shape index (κ1) is 12.1. The van der Waals surface area contributed by atoms with E-state index in [1.54, 1.807) is 0 Å². The Kier molecular flexibility index (Phi) is 4.64. The van der Waals surface area contributed by atoms with Gasteiger partial charge in [0.1, 0.15) is 0 Å². The summed E-state index contributed by atoms with van der Waals surface area (Å²) < 4.78 is 33.6. The molecule has 0 aliphatic rings. The molecule has 0 aromatic carbocycles. The Morgan fingerprint density at radius 3 is 2.62 bits per heavy atom. The Morgan fingerprint density at radius 2 is 2.23 bits per heavy atom. The number of ether oxygens (including phenoxy) is 1. The summed E-state index contributed by atoms with van der Waals surface area (Å²) in [5.41, 5.74) is -1.51. The standard InChI is InChI=1S/C7H12O5S/c1-3-4-5-7(8)12-6(2)13(9,10)11/h3,6H,1,4-5H2,2H3,(H,9,10,11). The zero-order valence-corrected chi connectivity index (χ0v) is 8.08. The molecule has 0 saturated carbocycles. The van der Waals surface area contributed by atoms with Crippen molar-refractivity contribution >= 4 is 16.1 Å². The molecule has 0 spiro atoms. The van der Waals surface area contributed by atoms with Crippen molar-refractivity contribution in [3.8, 4) is 0 Å². The molecule has 0 bridgehead atoms. The molecule has 0 saturated heterocycles. The molecule has 1 unspecified atom stereocenters. The van der Waals surface area contributed by atoms with E-state index in [2.05, 4.69) is 11.3 Å². The minimum absolute atomic E-state index is 0.0589. The van der Waals surface area contributed by atoms with Gasteiger partial charge in [0, 0.05) is 6.42 Å². The van der Waals surface area contributed by atoms with Crippen molar-refractivity contribution in [2.45, 2.75) is 25.2 Å². The number of esters is 1. The Labute approximate surface area is 77.1 Å². The molecule has 5 nitrogen and oxygen atoms in total. The van der Waals surface area contributed by atoms with Gasteiger partial charge in [0.25, 0.3) is 0 Å². The third kappa shape index (κ3) is 5.37. The van der Waals surface area contributed by atoms with E-state index in [4.69, 9.17) is 4.55 Å². The summed E-state index contributed by atoms with van der Waals surface area (Å²) in [6, 6.07) is 0. The second kappa shape index (κ2) is 4.98. The maximum atomic E-state index is 10.8. The second-order valence-corrected chi connectivity index (χ2v) is 4.09. The Bertz CT molecular complexity index is 279. The minimum atomic E-state index is -4.29. The van der Waals surface area contributed by atoms with E-state index in [1.807, 2.05) is 0 Å². The van der Waals surface area contributed by atoms with Crippen LogP contribution in [-0.2, 0) is 19.6 Å². The molecule has 0 fully saturated rings. The van der Waals surface area contributed by atoms with Crippen LogP contribution in [0.4, 0.5) is 0 Å². The predicted octanol–water partition coefficient (Wildman–Crippen LogP) is 0.730. The van der Waals surface area contributed by atoms with Crippen LogP contribution in [0.1, 0.15) is 19.8 Å². The lowest BCUT2D eigenvalue weighted by molar-refractivity contribution is -0.145. The third-order valence-corrected chi connectivity index (χ3v) is 2.20. The fraction of sp³-hybridized carbons (Fsp3) is 0.571. The summed E-state index contributed by atoms with van der Waals surface area (Å²) in [6.45, 7) is 4.47. The lowest BCUT2D eigenvalue weighted by Gasteiger charge is -2.08. The molecule has 0 radical (unpaired) electrons. The van der Waals surface area contributed by atoms with Crippen LogP contribution in [0.2, 0.25) is 0 Å². The van der Waals surface area contributed by atoms with Gasteiger partial charge in [-0.1, -0.05) is 6.08 Å². The summed E-state index contributed by atoms with van der Waals surface area (Å²) in [7, 11) is -4.29. The topological polar surface area (TPSA) is 80.7 Å². The average Bonchev–Trinajstić information content (AvgIpc) is 1.99. The summed E-state index contributed by atoms with van der Waals surface area (Å²) in [5, 5.41) is 0. The average molecular weight is 208 g/mol. The molecule has 6 heteroatoms. The highest BCUT2D eigenvalue weighted by molar-refractivity contribution is 7.86. The molecule has 0 aliphatic heterocycles. The van der Waals surface area contributed by atoms with Crippen LogP contribution in [0.3, 0.4) is 0 Å². The van der Waals surface area contributed by atoms with Crippen molar-refractivity contribution in [1.82, 2.24) is 0 Å². The quantitative estimate of drug-likeness (QED) is 0.409. The van der Waals surface area contributed by atoms with Crippen molar-refractivity contribution in [3.05, 3.63) is 12.7 Å². The SMILES string of the molecule is C=CCCC(=O)OC(C)S(=O)(=O)O. The number of carbonyl (C=O) groups is 1. The van der Waals surface area contributed by atoms with Gasteiger partial charge in [-0.05, 0) is 13.3 Å². The van der Waals surface area contributed by atoms with Crippen molar-refractivity contribution in [2.24, 2.45) is 0 Å². The van der Waals surface area contributed by atoms with Gasteiger partial charge in [0.15, 0.2) is 0 Å². The fourth-order valence-electron chi connectivity index (χ4n) is 0.525. The van der Waals surface area contributed by atoms with Crippen LogP contribution in [0.5, 0.6) is 0 Å². The molecule has 0 aliphatic carbocycles. The van der Waals surface area contributed by atoms with E-state index in [9.17, 15) is 13.2 Å². The van der Waals surface area contributed by atoms with E-state index < -0.39 is 21.5 Å². The van der Waals surface area contributed by atoms with Gasteiger partial charge in [-0.25, -0.2) is 0 Å². The smallest absolute Gasteiger partial charge is 0.307 e. The van der Waals surface area contributed by atoms with Crippen LogP contribution in [0.25, 0.3) is 0 Å². The molecule has 0 aromatic rings. The van der Waals surface area contributed by atoms with Crippen molar-refractivity contribution in [3.63, 3.8) is 0 Å². The molecule has 0 rings (SSSR count). The van der Waals surface area contributed by atoms with E-state index in [0.29, 0.717) is 6.42 Å². The Hall–Kier alpha value is -0.880. The van der Waals surface area contributed by atoms with Crippen LogP contribution in [-0.4, -0.2) is 24.4 Å². The summed E-state index contributed by atoms with van der Waals surface area (Å²) in [6.07, 6.45) is 1.99. The predicted molar refractivity (Wildman–Crippen MR) is 46.5 cm³/mol. The van der Waals surface area contributed by atoms with Crippen molar-refractivity contribution in [2.75, 3.05) is 0 Å². The summed E-state index contributed by atoms with van der Waals surface area (Å²) in [4.78, 5) is 10.8.